The Kier molecular flexibility index (Phi) is 4.12. The van der Waals surface area contributed by atoms with E-state index in [9.17, 15) is 4.79 Å². The summed E-state index contributed by atoms with van der Waals surface area (Å²) in [5.41, 5.74) is 2.05. The number of aryl methyl sites for hydroxylation is 1. The minimum absolute atomic E-state index is 0.0846. The highest BCUT2D eigenvalue weighted by Gasteiger charge is 2.66. The van der Waals surface area contributed by atoms with Gasteiger partial charge in [0, 0.05) is 0 Å². The number of carbonyl (C=O) groups excluding carboxylic acids is 1. The van der Waals surface area contributed by atoms with Crippen LogP contribution in [-0.4, -0.2) is 9.14 Å². The molecule has 4 heteroatoms. The minimum atomic E-state index is -0.356. The lowest BCUT2D eigenvalue weighted by Crippen LogP contribution is -2.35. The van der Waals surface area contributed by atoms with Gasteiger partial charge in [0.25, 0.3) is 0 Å². The zero-order chi connectivity index (χ0) is 14.3. The highest BCUT2D eigenvalue weighted by molar-refractivity contribution is 9.25. The molecule has 1 aliphatic carbocycles. The molecular formula is C15H19Br2NO. The molecule has 0 unspecified atom stereocenters. The van der Waals surface area contributed by atoms with Crippen LogP contribution >= 0.6 is 31.9 Å². The van der Waals surface area contributed by atoms with E-state index < -0.39 is 0 Å². The van der Waals surface area contributed by atoms with Crippen molar-refractivity contribution in [3.8, 4) is 0 Å². The molecule has 0 radical (unpaired) electrons. The number of carbonyl (C=O) groups is 1. The Bertz CT molecular complexity index is 483. The maximum atomic E-state index is 12.4. The van der Waals surface area contributed by atoms with Crippen LogP contribution in [0.15, 0.2) is 24.3 Å². The molecule has 1 aliphatic rings. The van der Waals surface area contributed by atoms with Crippen molar-refractivity contribution in [3.05, 3.63) is 35.4 Å². The molecule has 1 aromatic carbocycles. The third kappa shape index (κ3) is 2.89. The minimum Gasteiger partial charge on any atom is -0.349 e. The average Bonchev–Trinajstić information content (AvgIpc) is 2.88. The van der Waals surface area contributed by atoms with Crippen molar-refractivity contribution in [3.63, 3.8) is 0 Å². The Morgan fingerprint density at radius 3 is 2.32 bits per heavy atom. The van der Waals surface area contributed by atoms with Crippen LogP contribution in [0.3, 0.4) is 0 Å². The fourth-order valence-electron chi connectivity index (χ4n) is 2.18. The summed E-state index contributed by atoms with van der Waals surface area (Å²) in [5.74, 6) is 0.105. The van der Waals surface area contributed by atoms with Crippen LogP contribution in [0.25, 0.3) is 0 Å². The molecule has 2 nitrogen and oxygen atoms in total. The summed E-state index contributed by atoms with van der Waals surface area (Å²) in [4.78, 5) is 12.4. The molecule has 1 aromatic rings. The zero-order valence-electron chi connectivity index (χ0n) is 11.5. The van der Waals surface area contributed by atoms with Crippen LogP contribution in [0.5, 0.6) is 0 Å². The van der Waals surface area contributed by atoms with E-state index in [1.165, 1.54) is 11.1 Å². The van der Waals surface area contributed by atoms with Gasteiger partial charge in [0.15, 0.2) is 0 Å². The predicted molar refractivity (Wildman–Crippen MR) is 85.7 cm³/mol. The van der Waals surface area contributed by atoms with E-state index in [1.54, 1.807) is 0 Å². The molecule has 2 atom stereocenters. The van der Waals surface area contributed by atoms with E-state index in [2.05, 4.69) is 75.3 Å². The van der Waals surface area contributed by atoms with Crippen molar-refractivity contribution >= 4 is 37.8 Å². The van der Waals surface area contributed by atoms with Crippen LogP contribution in [0, 0.1) is 12.3 Å². The van der Waals surface area contributed by atoms with Gasteiger partial charge in [0.2, 0.25) is 5.91 Å². The van der Waals surface area contributed by atoms with Gasteiger partial charge >= 0.3 is 0 Å². The maximum Gasteiger partial charge on any atom is 0.228 e. The SMILES string of the molecule is CC[C@H](NC(=O)[C@]1(C)CC1(Br)Br)c1ccc(C)cc1. The maximum absolute atomic E-state index is 12.4. The molecule has 0 bridgehead atoms. The van der Waals surface area contributed by atoms with Gasteiger partial charge in [0.1, 0.15) is 0 Å². The first kappa shape index (κ1) is 15.0. The van der Waals surface area contributed by atoms with E-state index in [-0.39, 0.29) is 20.6 Å². The molecule has 2 rings (SSSR count). The fourth-order valence-corrected chi connectivity index (χ4v) is 3.67. The predicted octanol–water partition coefficient (Wildman–Crippen LogP) is 4.46. The largest absolute Gasteiger partial charge is 0.349 e. The van der Waals surface area contributed by atoms with Crippen molar-refractivity contribution in [1.82, 2.24) is 5.32 Å². The number of halogens is 2. The van der Waals surface area contributed by atoms with Crippen molar-refractivity contribution in [2.75, 3.05) is 0 Å². The topological polar surface area (TPSA) is 29.1 Å². The molecule has 0 spiro atoms. The Morgan fingerprint density at radius 2 is 1.89 bits per heavy atom. The highest BCUT2D eigenvalue weighted by atomic mass is 79.9. The Labute approximate surface area is 131 Å². The smallest absolute Gasteiger partial charge is 0.228 e. The number of amides is 1. The molecule has 1 fully saturated rings. The van der Waals surface area contributed by atoms with Gasteiger partial charge < -0.3 is 5.32 Å². The molecule has 19 heavy (non-hydrogen) atoms. The number of rotatable bonds is 4. The van der Waals surface area contributed by atoms with Crippen molar-refractivity contribution in [2.45, 2.75) is 42.9 Å². The lowest BCUT2D eigenvalue weighted by atomic mass is 10.0. The van der Waals surface area contributed by atoms with Gasteiger partial charge in [-0.05, 0) is 32.3 Å². The molecule has 1 saturated carbocycles. The number of alkyl halides is 2. The molecule has 1 N–H and O–H groups in total. The summed E-state index contributed by atoms with van der Waals surface area (Å²) in [6.45, 7) is 6.14. The van der Waals surface area contributed by atoms with Crippen LogP contribution in [0.1, 0.15) is 43.9 Å². The Morgan fingerprint density at radius 1 is 1.37 bits per heavy atom. The molecule has 0 saturated heterocycles. The van der Waals surface area contributed by atoms with E-state index in [1.807, 2.05) is 6.92 Å². The van der Waals surface area contributed by atoms with Gasteiger partial charge in [-0.15, -0.1) is 0 Å². The number of benzene rings is 1. The summed E-state index contributed by atoms with van der Waals surface area (Å²) in [6, 6.07) is 8.44. The first-order valence-electron chi connectivity index (χ1n) is 6.55. The summed E-state index contributed by atoms with van der Waals surface area (Å²) < 4.78 is -0.233. The van der Waals surface area contributed by atoms with Gasteiger partial charge in [-0.2, -0.15) is 0 Å². The second kappa shape index (κ2) is 5.21. The van der Waals surface area contributed by atoms with E-state index in [4.69, 9.17) is 0 Å². The van der Waals surface area contributed by atoms with Crippen LogP contribution in [0.2, 0.25) is 0 Å². The average molecular weight is 389 g/mol. The molecular weight excluding hydrogens is 370 g/mol. The van der Waals surface area contributed by atoms with E-state index in [0.717, 1.165) is 12.8 Å². The quantitative estimate of drug-likeness (QED) is 0.758. The first-order chi connectivity index (χ1) is 8.80. The van der Waals surface area contributed by atoms with Crippen LogP contribution < -0.4 is 5.32 Å². The lowest BCUT2D eigenvalue weighted by Gasteiger charge is -2.21. The summed E-state index contributed by atoms with van der Waals surface area (Å²) in [7, 11) is 0. The van der Waals surface area contributed by atoms with Crippen molar-refractivity contribution in [1.29, 1.82) is 0 Å². The fraction of sp³-hybridized carbons (Fsp3) is 0.533. The first-order valence-corrected chi connectivity index (χ1v) is 8.14. The highest BCUT2D eigenvalue weighted by Crippen LogP contribution is 2.66. The van der Waals surface area contributed by atoms with E-state index in [0.29, 0.717) is 0 Å². The number of hydrogen-bond acceptors (Lipinski definition) is 1. The molecule has 0 aliphatic heterocycles. The Balaban J connectivity index is 2.08. The number of nitrogens with one attached hydrogen (secondary N) is 1. The second-order valence-corrected chi connectivity index (χ2v) is 9.33. The second-order valence-electron chi connectivity index (χ2n) is 5.56. The monoisotopic (exact) mass is 387 g/mol. The van der Waals surface area contributed by atoms with Crippen molar-refractivity contribution in [2.24, 2.45) is 5.41 Å². The summed E-state index contributed by atoms with van der Waals surface area (Å²) >= 11 is 7.09. The zero-order valence-corrected chi connectivity index (χ0v) is 14.6. The third-order valence-corrected chi connectivity index (χ3v) is 6.26. The van der Waals surface area contributed by atoms with E-state index >= 15 is 0 Å². The standard InChI is InChI=1S/C15H19Br2NO/c1-4-12(11-7-5-10(2)6-8-11)18-13(19)14(3)9-15(14,16)17/h5-8,12H,4,9H2,1-3H3,(H,18,19)/t12-,14-/m0/s1. The van der Waals surface area contributed by atoms with Gasteiger partial charge in [0.05, 0.1) is 14.7 Å². The van der Waals surface area contributed by atoms with Gasteiger partial charge in [-0.1, -0.05) is 68.6 Å². The third-order valence-electron chi connectivity index (χ3n) is 3.95. The molecule has 104 valence electrons. The van der Waals surface area contributed by atoms with Gasteiger partial charge in [-0.25, -0.2) is 0 Å². The number of hydrogen-bond donors (Lipinski definition) is 1. The van der Waals surface area contributed by atoms with Gasteiger partial charge in [-0.3, -0.25) is 4.79 Å². The van der Waals surface area contributed by atoms with Crippen LogP contribution in [0.4, 0.5) is 0 Å². The van der Waals surface area contributed by atoms with Crippen molar-refractivity contribution < 1.29 is 4.79 Å². The Hall–Kier alpha value is -0.350. The molecule has 0 aromatic heterocycles. The molecule has 0 heterocycles. The normalized spacial score (nSPS) is 25.7. The lowest BCUT2D eigenvalue weighted by molar-refractivity contribution is -0.126. The summed E-state index contributed by atoms with van der Waals surface area (Å²) in [5, 5.41) is 3.16. The van der Waals surface area contributed by atoms with Crippen LogP contribution in [-0.2, 0) is 4.79 Å². The summed E-state index contributed by atoms with van der Waals surface area (Å²) in [6.07, 6.45) is 1.71. The molecule has 1 amide bonds.